The Bertz CT molecular complexity index is 1430. The van der Waals surface area contributed by atoms with Crippen LogP contribution in [0.3, 0.4) is 0 Å². The number of anilines is 1. The Morgan fingerprint density at radius 1 is 1.26 bits per heavy atom. The van der Waals surface area contributed by atoms with E-state index < -0.39 is 34.9 Å². The predicted octanol–water partition coefficient (Wildman–Crippen LogP) is 4.86. The van der Waals surface area contributed by atoms with Crippen LogP contribution in [0.4, 0.5) is 5.95 Å². The number of nitrogen functional groups attached to an aromatic ring is 1. The van der Waals surface area contributed by atoms with Crippen LogP contribution in [0.5, 0.6) is 0 Å². The van der Waals surface area contributed by atoms with E-state index in [-0.39, 0.29) is 45.8 Å². The van der Waals surface area contributed by atoms with Gasteiger partial charge in [0.05, 0.1) is 11.9 Å². The Morgan fingerprint density at radius 2 is 1.98 bits per heavy atom. The van der Waals surface area contributed by atoms with Crippen molar-refractivity contribution in [3.8, 4) is 0 Å². The van der Waals surface area contributed by atoms with Crippen molar-refractivity contribution in [1.82, 2.24) is 14.8 Å². The molecule has 0 unspecified atom stereocenters. The third kappa shape index (κ3) is 4.71. The summed E-state index contributed by atoms with van der Waals surface area (Å²) in [4.78, 5) is 44.2. The Labute approximate surface area is 251 Å². The van der Waals surface area contributed by atoms with Gasteiger partial charge < -0.3 is 15.6 Å². The molecule has 0 amide bonds. The molecule has 1 aromatic carbocycles. The van der Waals surface area contributed by atoms with Crippen molar-refractivity contribution >= 4 is 35.4 Å². The SMILES string of the molecule is C=C[C@]1(C)C[C@@H](OC(=O)CSc2nc(N)n(C(=O)c3ccccc3C)n2)[C@]2(C)[C@H](C)CC[C@]3(CCC(=O)[C@H]32)[C@@H](C)[C@@H]1O. The van der Waals surface area contributed by atoms with E-state index in [2.05, 4.69) is 37.4 Å². The molecule has 2 bridgehead atoms. The molecule has 9 nitrogen and oxygen atoms in total. The van der Waals surface area contributed by atoms with Crippen LogP contribution in [0.25, 0.3) is 0 Å². The topological polar surface area (TPSA) is 137 Å². The van der Waals surface area contributed by atoms with Crippen LogP contribution in [-0.2, 0) is 14.3 Å². The summed E-state index contributed by atoms with van der Waals surface area (Å²) in [5.74, 6) is -1.07. The molecule has 8 atom stereocenters. The molecule has 3 saturated carbocycles. The van der Waals surface area contributed by atoms with Gasteiger partial charge in [0.15, 0.2) is 0 Å². The van der Waals surface area contributed by atoms with Crippen molar-refractivity contribution in [1.29, 1.82) is 0 Å². The van der Waals surface area contributed by atoms with Gasteiger partial charge in [-0.05, 0) is 61.5 Å². The summed E-state index contributed by atoms with van der Waals surface area (Å²) in [6.07, 6.45) is 3.84. The number of benzene rings is 1. The zero-order chi connectivity index (χ0) is 30.6. The number of nitrogens with zero attached hydrogens (tertiary/aromatic N) is 3. The predicted molar refractivity (Wildman–Crippen MR) is 161 cm³/mol. The average molecular weight is 595 g/mol. The first-order chi connectivity index (χ1) is 19.8. The van der Waals surface area contributed by atoms with Gasteiger partial charge >= 0.3 is 5.97 Å². The lowest BCUT2D eigenvalue weighted by molar-refractivity contribution is -0.205. The van der Waals surface area contributed by atoms with E-state index in [1.54, 1.807) is 18.2 Å². The maximum atomic E-state index is 13.6. The Kier molecular flexibility index (Phi) is 7.94. The van der Waals surface area contributed by atoms with Crippen LogP contribution in [0.1, 0.15) is 75.7 Å². The zero-order valence-corrected chi connectivity index (χ0v) is 25.9. The van der Waals surface area contributed by atoms with Gasteiger partial charge in [-0.3, -0.25) is 14.4 Å². The average Bonchev–Trinajstić information content (AvgIpc) is 3.52. The number of aryl methyl sites for hydroxylation is 1. The van der Waals surface area contributed by atoms with Crippen molar-refractivity contribution in [2.75, 3.05) is 11.5 Å². The van der Waals surface area contributed by atoms with Crippen molar-refractivity contribution < 1.29 is 24.2 Å². The summed E-state index contributed by atoms with van der Waals surface area (Å²) in [5.41, 5.74) is 5.63. The van der Waals surface area contributed by atoms with Gasteiger partial charge in [-0.25, -0.2) is 0 Å². The summed E-state index contributed by atoms with van der Waals surface area (Å²) in [6.45, 7) is 14.2. The van der Waals surface area contributed by atoms with E-state index >= 15 is 0 Å². The molecule has 3 aliphatic rings. The minimum atomic E-state index is -0.723. The number of ketones is 1. The molecule has 10 heteroatoms. The molecule has 0 spiro atoms. The standard InChI is InChI=1S/C32H42N4O5S/c1-7-30(5)16-23(31(6)19(3)12-14-32(20(4)26(30)39)15-13-22(37)25(31)32)41-24(38)17-42-29-34-28(33)36(35-29)27(40)21-11-9-8-10-18(21)2/h7-11,19-20,23,25-26,39H,1,12-17H2,2-6H3,(H2,33,34,35)/t19-,20+,23-,25+,26+,30-,31+,32+/m1/s1. The van der Waals surface area contributed by atoms with E-state index in [4.69, 9.17) is 10.5 Å². The van der Waals surface area contributed by atoms with E-state index in [1.807, 2.05) is 26.0 Å². The molecule has 5 rings (SSSR count). The molecule has 3 aliphatic carbocycles. The van der Waals surface area contributed by atoms with Gasteiger partial charge in [-0.15, -0.1) is 11.7 Å². The molecular formula is C32H42N4O5S. The molecule has 3 fully saturated rings. The number of hydrogen-bond donors (Lipinski definition) is 2. The minimum Gasteiger partial charge on any atom is -0.461 e. The Morgan fingerprint density at radius 3 is 2.67 bits per heavy atom. The quantitative estimate of drug-likeness (QED) is 0.273. The van der Waals surface area contributed by atoms with Crippen molar-refractivity contribution in [2.45, 2.75) is 84.1 Å². The van der Waals surface area contributed by atoms with Crippen LogP contribution in [0, 0.1) is 40.9 Å². The molecule has 1 aromatic heterocycles. The fourth-order valence-electron chi connectivity index (χ4n) is 8.26. The molecule has 226 valence electrons. The highest BCUT2D eigenvalue weighted by molar-refractivity contribution is 7.99. The second-order valence-corrected chi connectivity index (χ2v) is 14.1. The lowest BCUT2D eigenvalue weighted by atomic mass is 9.44. The first-order valence-corrected chi connectivity index (χ1v) is 15.8. The van der Waals surface area contributed by atoms with Crippen molar-refractivity contribution in [2.24, 2.45) is 34.0 Å². The highest BCUT2D eigenvalue weighted by Gasteiger charge is 2.68. The summed E-state index contributed by atoms with van der Waals surface area (Å²) in [6, 6.07) is 7.14. The number of thioether (sulfide) groups is 1. The van der Waals surface area contributed by atoms with Crippen LogP contribution in [-0.4, -0.2) is 55.5 Å². The molecule has 0 saturated heterocycles. The number of rotatable bonds is 6. The van der Waals surface area contributed by atoms with E-state index in [0.717, 1.165) is 41.3 Å². The maximum Gasteiger partial charge on any atom is 0.316 e. The van der Waals surface area contributed by atoms with Gasteiger partial charge in [0, 0.05) is 28.7 Å². The van der Waals surface area contributed by atoms with Gasteiger partial charge in [0.25, 0.3) is 5.91 Å². The zero-order valence-electron chi connectivity index (χ0n) is 25.1. The number of Topliss-reactive ketones (excluding diaryl/α,β-unsaturated/α-hetero) is 1. The molecule has 1 heterocycles. The first kappa shape index (κ1) is 30.5. The number of aliphatic hydroxyl groups is 1. The lowest BCUT2D eigenvalue weighted by Gasteiger charge is -2.61. The second-order valence-electron chi connectivity index (χ2n) is 13.1. The number of aliphatic hydroxyl groups excluding tert-OH is 1. The lowest BCUT2D eigenvalue weighted by Crippen LogP contribution is -2.63. The fraction of sp³-hybridized carbons (Fsp3) is 0.594. The maximum absolute atomic E-state index is 13.6. The highest BCUT2D eigenvalue weighted by atomic mass is 32.2. The van der Waals surface area contributed by atoms with Gasteiger partial charge in [0.1, 0.15) is 11.9 Å². The normalized spacial score (nSPS) is 36.0. The van der Waals surface area contributed by atoms with Crippen LogP contribution in [0.15, 0.2) is 42.1 Å². The van der Waals surface area contributed by atoms with Gasteiger partial charge in [-0.1, -0.05) is 63.7 Å². The largest absolute Gasteiger partial charge is 0.461 e. The van der Waals surface area contributed by atoms with Crippen LogP contribution >= 0.6 is 11.8 Å². The van der Waals surface area contributed by atoms with Gasteiger partial charge in [-0.2, -0.15) is 9.67 Å². The molecule has 0 radical (unpaired) electrons. The third-order valence-corrected chi connectivity index (χ3v) is 11.9. The second kappa shape index (κ2) is 10.9. The molecule has 0 aliphatic heterocycles. The fourth-order valence-corrected chi connectivity index (χ4v) is 8.87. The van der Waals surface area contributed by atoms with Crippen LogP contribution in [0.2, 0.25) is 0 Å². The summed E-state index contributed by atoms with van der Waals surface area (Å²) >= 11 is 1.04. The van der Waals surface area contributed by atoms with E-state index in [0.29, 0.717) is 18.4 Å². The number of ether oxygens (including phenoxy) is 1. The number of nitrogens with two attached hydrogens (primary N) is 1. The number of aromatic nitrogens is 3. The molecule has 2 aromatic rings. The minimum absolute atomic E-state index is 0.0661. The van der Waals surface area contributed by atoms with E-state index in [1.165, 1.54) is 0 Å². The summed E-state index contributed by atoms with van der Waals surface area (Å²) < 4.78 is 7.32. The monoisotopic (exact) mass is 594 g/mol. The van der Waals surface area contributed by atoms with Crippen molar-refractivity contribution in [3.63, 3.8) is 0 Å². The smallest absolute Gasteiger partial charge is 0.316 e. The summed E-state index contributed by atoms with van der Waals surface area (Å²) in [7, 11) is 0. The Hall–Kier alpha value is -2.98. The number of esters is 1. The number of hydrogen-bond acceptors (Lipinski definition) is 9. The molecular weight excluding hydrogens is 552 g/mol. The molecule has 42 heavy (non-hydrogen) atoms. The molecule has 3 N–H and O–H groups in total. The number of carbonyl (C=O) groups is 3. The third-order valence-electron chi connectivity index (χ3n) is 11.1. The summed E-state index contributed by atoms with van der Waals surface area (Å²) in [5, 5.41) is 16.1. The van der Waals surface area contributed by atoms with Crippen molar-refractivity contribution in [3.05, 3.63) is 48.0 Å². The Balaban J connectivity index is 1.39. The van der Waals surface area contributed by atoms with Crippen LogP contribution < -0.4 is 5.73 Å². The number of carbonyl (C=O) groups excluding carboxylic acids is 3. The van der Waals surface area contributed by atoms with E-state index in [9.17, 15) is 19.5 Å². The van der Waals surface area contributed by atoms with Gasteiger partial charge in [0.2, 0.25) is 11.1 Å². The first-order valence-electron chi connectivity index (χ1n) is 14.8. The highest BCUT2D eigenvalue weighted by Crippen LogP contribution is 2.68.